The summed E-state index contributed by atoms with van der Waals surface area (Å²) in [6.07, 6.45) is 1.88. The zero-order valence-corrected chi connectivity index (χ0v) is 8.88. The monoisotopic (exact) mass is 226 g/mol. The lowest BCUT2D eigenvalue weighted by atomic mass is 10.0. The maximum atomic E-state index is 11.6. The summed E-state index contributed by atoms with van der Waals surface area (Å²) in [6, 6.07) is 1.64. The second-order valence-electron chi connectivity index (χ2n) is 3.19. The fraction of sp³-hybridized carbons (Fsp3) is 0.444. The number of amidine groups is 1. The molecule has 1 aromatic heterocycles. The fourth-order valence-electron chi connectivity index (χ4n) is 1.23. The number of carbonyl (C=O) groups is 1. The van der Waals surface area contributed by atoms with E-state index in [-0.39, 0.29) is 18.3 Å². The summed E-state index contributed by atoms with van der Waals surface area (Å²) in [5, 5.41) is 17.6. The first-order valence-electron chi connectivity index (χ1n) is 4.83. The maximum absolute atomic E-state index is 11.6. The molecule has 88 valence electrons. The van der Waals surface area contributed by atoms with Gasteiger partial charge in [0.1, 0.15) is 12.0 Å². The second kappa shape index (κ2) is 5.74. The first-order chi connectivity index (χ1) is 7.69. The number of amides is 1. The highest BCUT2D eigenvalue weighted by atomic mass is 16.5. The standard InChI is InChI=1S/C9H14N4O3/c1-2-7(8(10)12-15)9(14)11-5-6-3-4-16-13-6/h3-4,7,15H,2,5H2,1H3,(H2,10,12)(H,11,14). The molecule has 1 unspecified atom stereocenters. The Balaban J connectivity index is 2.50. The molecule has 0 aromatic carbocycles. The number of oxime groups is 1. The van der Waals surface area contributed by atoms with E-state index in [1.54, 1.807) is 13.0 Å². The van der Waals surface area contributed by atoms with Crippen LogP contribution in [0, 0.1) is 5.92 Å². The molecule has 0 aliphatic heterocycles. The van der Waals surface area contributed by atoms with E-state index in [4.69, 9.17) is 10.9 Å². The first-order valence-corrected chi connectivity index (χ1v) is 4.83. The molecule has 0 saturated carbocycles. The summed E-state index contributed by atoms with van der Waals surface area (Å²) in [5.41, 5.74) is 6.00. The van der Waals surface area contributed by atoms with E-state index >= 15 is 0 Å². The lowest BCUT2D eigenvalue weighted by Gasteiger charge is -2.12. The third kappa shape index (κ3) is 2.97. The lowest BCUT2D eigenvalue weighted by molar-refractivity contribution is -0.123. The van der Waals surface area contributed by atoms with E-state index in [9.17, 15) is 4.79 Å². The number of nitrogens with zero attached hydrogens (tertiary/aromatic N) is 2. The first kappa shape index (κ1) is 12.0. The number of aromatic nitrogens is 1. The van der Waals surface area contributed by atoms with E-state index in [1.165, 1.54) is 6.26 Å². The van der Waals surface area contributed by atoms with Gasteiger partial charge in [-0.15, -0.1) is 0 Å². The molecule has 1 amide bonds. The van der Waals surface area contributed by atoms with Gasteiger partial charge in [0.05, 0.1) is 12.5 Å². The van der Waals surface area contributed by atoms with Gasteiger partial charge < -0.3 is 20.8 Å². The van der Waals surface area contributed by atoms with Crippen LogP contribution in [-0.2, 0) is 11.3 Å². The number of carbonyl (C=O) groups excluding carboxylic acids is 1. The molecule has 0 aliphatic carbocycles. The van der Waals surface area contributed by atoms with Crippen LogP contribution in [0.15, 0.2) is 22.0 Å². The summed E-state index contributed by atoms with van der Waals surface area (Å²) in [7, 11) is 0. The van der Waals surface area contributed by atoms with Crippen molar-refractivity contribution in [3.05, 3.63) is 18.0 Å². The Bertz CT molecular complexity index is 361. The van der Waals surface area contributed by atoms with Gasteiger partial charge in [-0.25, -0.2) is 0 Å². The highest BCUT2D eigenvalue weighted by Crippen LogP contribution is 2.03. The van der Waals surface area contributed by atoms with E-state index in [2.05, 4.69) is 20.2 Å². The minimum Gasteiger partial charge on any atom is -0.409 e. The van der Waals surface area contributed by atoms with Gasteiger partial charge in [0.2, 0.25) is 5.91 Å². The van der Waals surface area contributed by atoms with E-state index < -0.39 is 5.92 Å². The van der Waals surface area contributed by atoms with Gasteiger partial charge in [-0.3, -0.25) is 4.79 Å². The Hall–Kier alpha value is -2.05. The van der Waals surface area contributed by atoms with Gasteiger partial charge in [-0.2, -0.15) is 0 Å². The number of nitrogens with one attached hydrogen (secondary N) is 1. The quantitative estimate of drug-likeness (QED) is 0.284. The van der Waals surface area contributed by atoms with Crippen LogP contribution in [0.25, 0.3) is 0 Å². The van der Waals surface area contributed by atoms with Crippen molar-refractivity contribution in [2.45, 2.75) is 19.9 Å². The van der Waals surface area contributed by atoms with E-state index in [0.29, 0.717) is 12.1 Å². The van der Waals surface area contributed by atoms with Crippen LogP contribution < -0.4 is 11.1 Å². The molecule has 0 aliphatic rings. The predicted octanol–water partition coefficient (Wildman–Crippen LogP) is 0.0634. The van der Waals surface area contributed by atoms with Crippen LogP contribution in [0.5, 0.6) is 0 Å². The minimum absolute atomic E-state index is 0.0971. The fourth-order valence-corrected chi connectivity index (χ4v) is 1.23. The van der Waals surface area contributed by atoms with Crippen LogP contribution in [0.1, 0.15) is 19.0 Å². The Morgan fingerprint density at radius 2 is 2.56 bits per heavy atom. The summed E-state index contributed by atoms with van der Waals surface area (Å²) >= 11 is 0. The van der Waals surface area contributed by atoms with Crippen molar-refractivity contribution >= 4 is 11.7 Å². The molecular weight excluding hydrogens is 212 g/mol. The average Bonchev–Trinajstić information content (AvgIpc) is 2.79. The van der Waals surface area contributed by atoms with Crippen LogP contribution in [0.4, 0.5) is 0 Å². The summed E-state index contributed by atoms with van der Waals surface area (Å²) in [4.78, 5) is 11.6. The summed E-state index contributed by atoms with van der Waals surface area (Å²) < 4.78 is 4.61. The molecular formula is C9H14N4O3. The average molecular weight is 226 g/mol. The van der Waals surface area contributed by atoms with Gasteiger partial charge in [-0.1, -0.05) is 17.2 Å². The summed E-state index contributed by atoms with van der Waals surface area (Å²) in [6.45, 7) is 2.03. The lowest BCUT2D eigenvalue weighted by Crippen LogP contribution is -2.38. The highest BCUT2D eigenvalue weighted by molar-refractivity contribution is 6.01. The van der Waals surface area contributed by atoms with Crippen molar-refractivity contribution in [3.63, 3.8) is 0 Å². The van der Waals surface area contributed by atoms with Gasteiger partial charge in [0, 0.05) is 6.07 Å². The van der Waals surface area contributed by atoms with Crippen LogP contribution in [0.3, 0.4) is 0 Å². The Kier molecular flexibility index (Phi) is 4.31. The number of nitrogens with two attached hydrogens (primary N) is 1. The molecule has 0 spiro atoms. The molecule has 1 aromatic rings. The van der Waals surface area contributed by atoms with Gasteiger partial charge >= 0.3 is 0 Å². The van der Waals surface area contributed by atoms with Gasteiger partial charge in [0.15, 0.2) is 5.84 Å². The molecule has 0 saturated heterocycles. The molecule has 16 heavy (non-hydrogen) atoms. The third-order valence-corrected chi connectivity index (χ3v) is 2.13. The molecule has 7 heteroatoms. The Labute approximate surface area is 92.3 Å². The largest absolute Gasteiger partial charge is 0.409 e. The van der Waals surface area contributed by atoms with Crippen molar-refractivity contribution in [2.24, 2.45) is 16.8 Å². The SMILES string of the molecule is CCC(C(=O)NCc1ccon1)/C(N)=N/O. The number of hydrogen-bond donors (Lipinski definition) is 3. The summed E-state index contributed by atoms with van der Waals surface area (Å²) in [5.74, 6) is -1.03. The molecule has 0 radical (unpaired) electrons. The van der Waals surface area contributed by atoms with Crippen LogP contribution in [-0.4, -0.2) is 22.1 Å². The molecule has 1 atom stereocenters. The second-order valence-corrected chi connectivity index (χ2v) is 3.19. The third-order valence-electron chi connectivity index (χ3n) is 2.13. The molecule has 1 heterocycles. The van der Waals surface area contributed by atoms with Gasteiger partial charge in [-0.05, 0) is 6.42 Å². The normalized spacial score (nSPS) is 13.4. The minimum atomic E-state index is -0.628. The Morgan fingerprint density at radius 3 is 3.06 bits per heavy atom. The molecule has 0 bridgehead atoms. The molecule has 0 fully saturated rings. The van der Waals surface area contributed by atoms with Gasteiger partial charge in [0.25, 0.3) is 0 Å². The van der Waals surface area contributed by atoms with Crippen LogP contribution >= 0.6 is 0 Å². The van der Waals surface area contributed by atoms with E-state index in [1.807, 2.05) is 0 Å². The molecule has 7 nitrogen and oxygen atoms in total. The van der Waals surface area contributed by atoms with Crippen molar-refractivity contribution in [2.75, 3.05) is 0 Å². The highest BCUT2D eigenvalue weighted by Gasteiger charge is 2.20. The van der Waals surface area contributed by atoms with Crippen molar-refractivity contribution in [3.8, 4) is 0 Å². The van der Waals surface area contributed by atoms with Crippen molar-refractivity contribution in [1.29, 1.82) is 0 Å². The topological polar surface area (TPSA) is 114 Å². The molecule has 1 rings (SSSR count). The molecule has 4 N–H and O–H groups in total. The van der Waals surface area contributed by atoms with E-state index in [0.717, 1.165) is 0 Å². The van der Waals surface area contributed by atoms with Crippen molar-refractivity contribution in [1.82, 2.24) is 10.5 Å². The maximum Gasteiger partial charge on any atom is 0.231 e. The smallest absolute Gasteiger partial charge is 0.231 e. The predicted molar refractivity (Wildman–Crippen MR) is 55.5 cm³/mol. The number of rotatable bonds is 5. The van der Waals surface area contributed by atoms with Crippen LogP contribution in [0.2, 0.25) is 0 Å². The zero-order chi connectivity index (χ0) is 12.0. The number of hydrogen-bond acceptors (Lipinski definition) is 5. The van der Waals surface area contributed by atoms with Crippen molar-refractivity contribution < 1.29 is 14.5 Å². The Morgan fingerprint density at radius 1 is 1.81 bits per heavy atom. The zero-order valence-electron chi connectivity index (χ0n) is 8.88.